The minimum absolute atomic E-state index is 0.0297. The van der Waals surface area contributed by atoms with Crippen LogP contribution >= 0.6 is 0 Å². The molecule has 2 aliphatic heterocycles. The molecular formula is C55H93NO13Si3. The number of cyclic esters (lactones) is 1. The molecular weight excluding hydrogens is 967 g/mol. The van der Waals surface area contributed by atoms with Crippen LogP contribution in [0.4, 0.5) is 10.5 Å². The Kier molecular flexibility index (Phi) is 24.8. The molecule has 2 heterocycles. The SMILES string of the molecule is CCC(O[Si](CC)(CC)CC)C(C)[C@H]1O[C@@H]1CC(C)(/C=C/C=C(\C)[C@H]1OC(=O)C[C@H](O[Si](CC)(CC)CC)CC[C@@](C)(OC(=O)Oc2ccc([N+](=O)[O-])cc2)[C@@H](OC(C)=O)/C=C/[C@@H]1C)O[Si](CC)(CC)CC. The second-order valence-electron chi connectivity index (χ2n) is 20.9. The summed E-state index contributed by atoms with van der Waals surface area (Å²) in [7, 11) is -6.22. The fraction of sp³-hybridized carbons (Fsp3) is 0.727. The lowest BCUT2D eigenvalue weighted by Crippen LogP contribution is -2.47. The molecule has 14 nitrogen and oxygen atoms in total. The van der Waals surface area contributed by atoms with Crippen molar-refractivity contribution in [3.05, 3.63) is 70.3 Å². The van der Waals surface area contributed by atoms with Gasteiger partial charge in [0.15, 0.2) is 36.7 Å². The molecule has 1 saturated heterocycles. The van der Waals surface area contributed by atoms with Crippen molar-refractivity contribution in [2.45, 2.75) is 245 Å². The molecule has 10 atom stereocenters. The summed E-state index contributed by atoms with van der Waals surface area (Å²) < 4.78 is 51.8. The molecule has 3 unspecified atom stereocenters. The number of non-ortho nitro benzene ring substituents is 1. The highest BCUT2D eigenvalue weighted by Gasteiger charge is 2.51. The summed E-state index contributed by atoms with van der Waals surface area (Å²) in [4.78, 5) is 51.3. The van der Waals surface area contributed by atoms with Gasteiger partial charge in [0, 0.05) is 43.4 Å². The lowest BCUT2D eigenvalue weighted by Gasteiger charge is -2.39. The maximum Gasteiger partial charge on any atom is 0.514 e. The van der Waals surface area contributed by atoms with Gasteiger partial charge in [-0.2, -0.15) is 0 Å². The largest absolute Gasteiger partial charge is 0.514 e. The molecule has 0 N–H and O–H groups in total. The average Bonchev–Trinajstić information content (AvgIpc) is 4.12. The van der Waals surface area contributed by atoms with E-state index in [1.54, 1.807) is 13.0 Å². The molecule has 0 aromatic heterocycles. The van der Waals surface area contributed by atoms with Crippen LogP contribution in [-0.2, 0) is 41.8 Å². The molecule has 0 spiro atoms. The molecule has 0 bridgehead atoms. The van der Waals surface area contributed by atoms with E-state index in [-0.39, 0.29) is 54.9 Å². The van der Waals surface area contributed by atoms with Gasteiger partial charge in [-0.1, -0.05) is 107 Å². The van der Waals surface area contributed by atoms with E-state index >= 15 is 0 Å². The Morgan fingerprint density at radius 3 is 1.97 bits per heavy atom. The third-order valence-electron chi connectivity index (χ3n) is 16.2. The maximum atomic E-state index is 14.2. The lowest BCUT2D eigenvalue weighted by molar-refractivity contribution is -0.384. The molecule has 0 amide bonds. The zero-order chi connectivity index (χ0) is 54.1. The fourth-order valence-corrected chi connectivity index (χ4v) is 19.5. The van der Waals surface area contributed by atoms with Crippen molar-refractivity contribution in [2.75, 3.05) is 0 Å². The Hall–Kier alpha value is -3.46. The van der Waals surface area contributed by atoms with Gasteiger partial charge in [-0.15, -0.1) is 0 Å². The summed E-state index contributed by atoms with van der Waals surface area (Å²) in [5.41, 5.74) is -1.50. The molecule has 0 saturated carbocycles. The molecule has 72 heavy (non-hydrogen) atoms. The first kappa shape index (κ1) is 62.8. The van der Waals surface area contributed by atoms with E-state index in [9.17, 15) is 24.5 Å². The normalized spacial score (nSPS) is 25.8. The van der Waals surface area contributed by atoms with Crippen LogP contribution in [0.15, 0.2) is 60.2 Å². The van der Waals surface area contributed by atoms with Gasteiger partial charge in [-0.25, -0.2) is 4.79 Å². The van der Waals surface area contributed by atoms with Gasteiger partial charge < -0.3 is 37.0 Å². The molecule has 1 fully saturated rings. The minimum Gasteiger partial charge on any atom is -0.457 e. The number of esters is 2. The number of carbonyl (C=O) groups excluding carboxylic acids is 3. The van der Waals surface area contributed by atoms with Crippen LogP contribution in [0.25, 0.3) is 0 Å². The van der Waals surface area contributed by atoms with E-state index in [4.69, 9.17) is 37.0 Å². The third-order valence-corrected chi connectivity index (χ3v) is 30.3. The van der Waals surface area contributed by atoms with Crippen LogP contribution < -0.4 is 4.74 Å². The van der Waals surface area contributed by atoms with Crippen molar-refractivity contribution in [1.82, 2.24) is 0 Å². The maximum absolute atomic E-state index is 14.2. The summed E-state index contributed by atoms with van der Waals surface area (Å²) in [5.74, 6) is -1.16. The summed E-state index contributed by atoms with van der Waals surface area (Å²) >= 11 is 0. The summed E-state index contributed by atoms with van der Waals surface area (Å²) in [6.07, 6.45) is 8.42. The second-order valence-corrected chi connectivity index (χ2v) is 35.0. The fourth-order valence-electron chi connectivity index (χ4n) is 10.5. The molecule has 1 aromatic carbocycles. The number of nitro groups is 1. The standard InChI is InChI=1S/C55H93NO13Si3/c1-17-47(68-71(21-5,22-6)23-7)42(13)52-48(64-52)39-54(15,69-72(24-8,25-9)26-10)36-27-28-40(11)51-41(12)29-34-49(62-43(14)57)55(16,66-53(59)63-45-32-30-44(31-33-45)56(60)61)37-35-46(38-50(58)65-51)67-70(18-2,19-3)20-4/h27-34,36,41-42,46-49,51-52H,17-26,35,37-39H2,1-16H3/b34-29+,36-27+,40-28+/t41-,42?,46+,47?,48+,49-,51+,52+,54?,55+/m0/s1. The number of nitrogens with zero attached hydrogens (tertiary/aromatic N) is 1. The van der Waals surface area contributed by atoms with Crippen LogP contribution in [0.1, 0.15) is 143 Å². The van der Waals surface area contributed by atoms with E-state index in [0.717, 1.165) is 66.4 Å². The van der Waals surface area contributed by atoms with Gasteiger partial charge in [-0.3, -0.25) is 19.7 Å². The Morgan fingerprint density at radius 2 is 1.46 bits per heavy atom. The highest BCUT2D eigenvalue weighted by Crippen LogP contribution is 2.43. The van der Waals surface area contributed by atoms with Gasteiger partial charge in [-0.05, 0) is 118 Å². The quantitative estimate of drug-likeness (QED) is 0.00939. The molecule has 17 heteroatoms. The Morgan fingerprint density at radius 1 is 0.889 bits per heavy atom. The Balaban J connectivity index is 2.07. The van der Waals surface area contributed by atoms with E-state index in [1.165, 1.54) is 31.2 Å². The van der Waals surface area contributed by atoms with Crippen LogP contribution in [0, 0.1) is 22.0 Å². The zero-order valence-electron chi connectivity index (χ0n) is 47.0. The first-order chi connectivity index (χ1) is 34.0. The number of hydrogen-bond acceptors (Lipinski definition) is 13. The molecule has 3 rings (SSSR count). The first-order valence-electron chi connectivity index (χ1n) is 27.2. The zero-order valence-corrected chi connectivity index (χ0v) is 50.0. The lowest BCUT2D eigenvalue weighted by atomic mass is 9.88. The highest BCUT2D eigenvalue weighted by atomic mass is 28.4. The molecule has 0 aliphatic carbocycles. The van der Waals surface area contributed by atoms with Gasteiger partial charge >= 0.3 is 18.1 Å². The number of allylic oxidation sites excluding steroid dienone is 2. The van der Waals surface area contributed by atoms with Crippen molar-refractivity contribution >= 4 is 48.7 Å². The van der Waals surface area contributed by atoms with Crippen LogP contribution in [-0.4, -0.2) is 95.8 Å². The molecule has 1 aromatic rings. The van der Waals surface area contributed by atoms with Crippen LogP contribution in [0.3, 0.4) is 0 Å². The van der Waals surface area contributed by atoms with Crippen LogP contribution in [0.2, 0.25) is 54.4 Å². The van der Waals surface area contributed by atoms with Crippen molar-refractivity contribution in [1.29, 1.82) is 0 Å². The average molecular weight is 1060 g/mol. The number of hydrogen-bond donors (Lipinski definition) is 0. The Bertz CT molecular complexity index is 1960. The van der Waals surface area contributed by atoms with Gasteiger partial charge in [0.25, 0.3) is 5.69 Å². The topological polar surface area (TPSA) is 171 Å². The predicted octanol–water partition coefficient (Wildman–Crippen LogP) is 14.4. The van der Waals surface area contributed by atoms with Crippen molar-refractivity contribution < 1.29 is 56.3 Å². The Labute approximate surface area is 436 Å². The molecule has 408 valence electrons. The van der Waals surface area contributed by atoms with Crippen molar-refractivity contribution in [3.8, 4) is 5.75 Å². The van der Waals surface area contributed by atoms with E-state index in [2.05, 4.69) is 89.2 Å². The van der Waals surface area contributed by atoms with Gasteiger partial charge in [0.05, 0.1) is 35.3 Å². The molecule has 2 aliphatic rings. The summed E-state index contributed by atoms with van der Waals surface area (Å²) in [6.45, 7) is 33.4. The smallest absolute Gasteiger partial charge is 0.457 e. The van der Waals surface area contributed by atoms with Crippen LogP contribution in [0.5, 0.6) is 5.75 Å². The number of benzene rings is 1. The number of rotatable bonds is 27. The summed E-state index contributed by atoms with van der Waals surface area (Å²) in [6, 6.07) is 13.9. The van der Waals surface area contributed by atoms with Crippen molar-refractivity contribution in [3.63, 3.8) is 0 Å². The number of ether oxygens (including phenoxy) is 5. The molecule has 0 radical (unpaired) electrons. The third kappa shape index (κ3) is 17.6. The number of carbonyl (C=O) groups is 3. The van der Waals surface area contributed by atoms with E-state index in [1.807, 2.05) is 32.1 Å². The van der Waals surface area contributed by atoms with Gasteiger partial charge in [0.1, 0.15) is 11.9 Å². The second kappa shape index (κ2) is 28.4. The van der Waals surface area contributed by atoms with Crippen molar-refractivity contribution in [2.24, 2.45) is 11.8 Å². The monoisotopic (exact) mass is 1060 g/mol. The number of epoxide rings is 1. The summed E-state index contributed by atoms with van der Waals surface area (Å²) in [5, 5.41) is 11.3. The predicted molar refractivity (Wildman–Crippen MR) is 293 cm³/mol. The highest BCUT2D eigenvalue weighted by molar-refractivity contribution is 6.74. The minimum atomic E-state index is -2.30. The first-order valence-corrected chi connectivity index (χ1v) is 34.8. The van der Waals surface area contributed by atoms with E-state index < -0.39 is 83.4 Å². The van der Waals surface area contributed by atoms with Gasteiger partial charge in [0.2, 0.25) is 0 Å². The number of nitro benzene ring substituents is 1. The van der Waals surface area contributed by atoms with E-state index in [0.29, 0.717) is 6.42 Å².